The second-order valence-electron chi connectivity index (χ2n) is 7.54. The molecule has 1 saturated heterocycles. The predicted octanol–water partition coefficient (Wildman–Crippen LogP) is 2.71. The molecule has 1 aliphatic carbocycles. The van der Waals surface area contributed by atoms with Crippen LogP contribution < -0.4 is 5.32 Å². The molecule has 1 heterocycles. The lowest BCUT2D eigenvalue weighted by atomic mass is 9.84. The van der Waals surface area contributed by atoms with Gasteiger partial charge in [-0.15, -0.1) is 0 Å². The fourth-order valence-corrected chi connectivity index (χ4v) is 4.07. The van der Waals surface area contributed by atoms with Crippen LogP contribution in [0.15, 0.2) is 30.3 Å². The second kappa shape index (κ2) is 8.13. The van der Waals surface area contributed by atoms with Crippen LogP contribution >= 0.6 is 0 Å². The summed E-state index contributed by atoms with van der Waals surface area (Å²) in [5, 5.41) is 13.8. The fraction of sp³-hybridized carbons (Fsp3) is 0.650. The molecule has 2 aliphatic rings. The number of amides is 1. The van der Waals surface area contributed by atoms with Crippen LogP contribution in [-0.4, -0.2) is 41.1 Å². The van der Waals surface area contributed by atoms with Gasteiger partial charge in [0.15, 0.2) is 0 Å². The molecule has 132 valence electrons. The van der Waals surface area contributed by atoms with Gasteiger partial charge in [0, 0.05) is 19.0 Å². The van der Waals surface area contributed by atoms with Gasteiger partial charge in [-0.05, 0) is 44.3 Å². The normalized spacial score (nSPS) is 22.2. The number of β-amino-alcohol motifs (C(OH)–C–C–N with tert-alkyl or cyclic N) is 1. The van der Waals surface area contributed by atoms with E-state index < -0.39 is 5.60 Å². The molecule has 0 bridgehead atoms. The first-order valence-corrected chi connectivity index (χ1v) is 9.41. The summed E-state index contributed by atoms with van der Waals surface area (Å²) in [6, 6.07) is 10.1. The molecule has 0 atom stereocenters. The van der Waals surface area contributed by atoms with Crippen molar-refractivity contribution in [3.05, 3.63) is 35.9 Å². The van der Waals surface area contributed by atoms with E-state index in [2.05, 4.69) is 10.2 Å². The van der Waals surface area contributed by atoms with Crippen molar-refractivity contribution in [2.75, 3.05) is 19.6 Å². The van der Waals surface area contributed by atoms with Gasteiger partial charge in [0.25, 0.3) is 0 Å². The van der Waals surface area contributed by atoms with Crippen LogP contribution in [0.1, 0.15) is 50.5 Å². The Morgan fingerprint density at radius 1 is 1.12 bits per heavy atom. The summed E-state index contributed by atoms with van der Waals surface area (Å²) in [7, 11) is 0. The first-order chi connectivity index (χ1) is 11.6. The van der Waals surface area contributed by atoms with Crippen LogP contribution in [0.5, 0.6) is 0 Å². The quantitative estimate of drug-likeness (QED) is 0.873. The van der Waals surface area contributed by atoms with E-state index >= 15 is 0 Å². The van der Waals surface area contributed by atoms with Crippen molar-refractivity contribution in [1.29, 1.82) is 0 Å². The minimum absolute atomic E-state index is 0.117. The first-order valence-electron chi connectivity index (χ1n) is 9.41. The second-order valence-corrected chi connectivity index (χ2v) is 7.54. The molecule has 4 heteroatoms. The summed E-state index contributed by atoms with van der Waals surface area (Å²) in [6.45, 7) is 3.24. The highest BCUT2D eigenvalue weighted by Gasteiger charge is 2.33. The summed E-state index contributed by atoms with van der Waals surface area (Å²) >= 11 is 0. The minimum Gasteiger partial charge on any atom is -0.389 e. The van der Waals surface area contributed by atoms with E-state index in [1.54, 1.807) is 0 Å². The molecule has 0 unspecified atom stereocenters. The molecular weight excluding hydrogens is 300 g/mol. The van der Waals surface area contributed by atoms with E-state index in [4.69, 9.17) is 0 Å². The number of carbonyl (C=O) groups is 1. The third kappa shape index (κ3) is 4.81. The van der Waals surface area contributed by atoms with Gasteiger partial charge >= 0.3 is 0 Å². The Morgan fingerprint density at radius 3 is 2.46 bits per heavy atom. The summed E-state index contributed by atoms with van der Waals surface area (Å²) in [5.41, 5.74) is 0.656. The average molecular weight is 330 g/mol. The van der Waals surface area contributed by atoms with Crippen LogP contribution in [0.25, 0.3) is 0 Å². The number of benzene rings is 1. The van der Waals surface area contributed by atoms with E-state index in [1.165, 1.54) is 6.42 Å². The van der Waals surface area contributed by atoms with Crippen LogP contribution in [0.2, 0.25) is 0 Å². The van der Waals surface area contributed by atoms with E-state index in [9.17, 15) is 9.90 Å². The Hall–Kier alpha value is -1.39. The number of rotatable bonds is 5. The molecule has 2 fully saturated rings. The molecule has 2 N–H and O–H groups in total. The molecule has 1 saturated carbocycles. The lowest BCUT2D eigenvalue weighted by Crippen LogP contribution is -2.48. The van der Waals surface area contributed by atoms with Gasteiger partial charge in [-0.1, -0.05) is 49.6 Å². The number of carbonyl (C=O) groups excluding carboxylic acids is 1. The Kier molecular flexibility index (Phi) is 5.90. The highest BCUT2D eigenvalue weighted by molar-refractivity contribution is 5.78. The number of aliphatic hydroxyl groups is 1. The number of nitrogens with zero attached hydrogens (tertiary/aromatic N) is 1. The summed E-state index contributed by atoms with van der Waals surface area (Å²) in [4.78, 5) is 14.7. The van der Waals surface area contributed by atoms with Crippen molar-refractivity contribution in [3.8, 4) is 0 Å². The van der Waals surface area contributed by atoms with Crippen molar-refractivity contribution in [1.82, 2.24) is 10.2 Å². The highest BCUT2D eigenvalue weighted by Crippen LogP contribution is 2.30. The molecule has 1 aromatic carbocycles. The SMILES string of the molecule is O=C(NCc1ccccc1)C1CCN(CC2(O)CCCCC2)CC1. The van der Waals surface area contributed by atoms with Crippen LogP contribution in [0.4, 0.5) is 0 Å². The van der Waals surface area contributed by atoms with Crippen molar-refractivity contribution in [3.63, 3.8) is 0 Å². The van der Waals surface area contributed by atoms with Gasteiger partial charge in [-0.2, -0.15) is 0 Å². The van der Waals surface area contributed by atoms with Gasteiger partial charge < -0.3 is 15.3 Å². The van der Waals surface area contributed by atoms with Crippen LogP contribution in [0, 0.1) is 5.92 Å². The number of hydrogen-bond donors (Lipinski definition) is 2. The molecule has 0 radical (unpaired) electrons. The van der Waals surface area contributed by atoms with Crippen LogP contribution in [0.3, 0.4) is 0 Å². The van der Waals surface area contributed by atoms with Crippen molar-refractivity contribution >= 4 is 5.91 Å². The Labute approximate surface area is 145 Å². The van der Waals surface area contributed by atoms with E-state index in [-0.39, 0.29) is 11.8 Å². The molecule has 3 rings (SSSR count). The van der Waals surface area contributed by atoms with Gasteiger partial charge in [-0.25, -0.2) is 0 Å². The highest BCUT2D eigenvalue weighted by atomic mass is 16.3. The number of likely N-dealkylation sites (tertiary alicyclic amines) is 1. The summed E-state index contributed by atoms with van der Waals surface area (Å²) in [5.74, 6) is 0.292. The number of hydrogen-bond acceptors (Lipinski definition) is 3. The Morgan fingerprint density at radius 2 is 1.79 bits per heavy atom. The molecule has 24 heavy (non-hydrogen) atoms. The predicted molar refractivity (Wildman–Crippen MR) is 95.5 cm³/mol. The topological polar surface area (TPSA) is 52.6 Å². The zero-order valence-electron chi connectivity index (χ0n) is 14.5. The monoisotopic (exact) mass is 330 g/mol. The molecular formula is C20H30N2O2. The average Bonchev–Trinajstić information content (AvgIpc) is 2.61. The maximum atomic E-state index is 12.4. The Bertz CT molecular complexity index is 518. The van der Waals surface area contributed by atoms with Gasteiger partial charge in [0.2, 0.25) is 5.91 Å². The summed E-state index contributed by atoms with van der Waals surface area (Å²) in [6.07, 6.45) is 7.22. The van der Waals surface area contributed by atoms with E-state index in [1.807, 2.05) is 30.3 Å². The first kappa shape index (κ1) is 17.4. The van der Waals surface area contributed by atoms with Crippen LogP contribution in [-0.2, 0) is 11.3 Å². The van der Waals surface area contributed by atoms with Gasteiger partial charge in [0.05, 0.1) is 5.60 Å². The zero-order chi connectivity index (χ0) is 16.8. The van der Waals surface area contributed by atoms with E-state index in [0.717, 1.165) is 63.7 Å². The molecule has 4 nitrogen and oxygen atoms in total. The molecule has 0 spiro atoms. The van der Waals surface area contributed by atoms with Crippen molar-refractivity contribution in [2.24, 2.45) is 5.92 Å². The lowest BCUT2D eigenvalue weighted by Gasteiger charge is -2.39. The van der Waals surface area contributed by atoms with Gasteiger partial charge in [0.1, 0.15) is 0 Å². The van der Waals surface area contributed by atoms with Gasteiger partial charge in [-0.3, -0.25) is 4.79 Å². The number of piperidine rings is 1. The Balaban J connectivity index is 1.40. The largest absolute Gasteiger partial charge is 0.389 e. The summed E-state index contributed by atoms with van der Waals surface area (Å²) < 4.78 is 0. The smallest absolute Gasteiger partial charge is 0.223 e. The fourth-order valence-electron chi connectivity index (χ4n) is 4.07. The van der Waals surface area contributed by atoms with Crippen molar-refractivity contribution < 1.29 is 9.90 Å². The maximum Gasteiger partial charge on any atom is 0.223 e. The minimum atomic E-state index is -0.485. The zero-order valence-corrected chi connectivity index (χ0v) is 14.5. The molecule has 1 amide bonds. The molecule has 1 aliphatic heterocycles. The molecule has 0 aromatic heterocycles. The third-order valence-electron chi connectivity index (χ3n) is 5.57. The maximum absolute atomic E-state index is 12.4. The van der Waals surface area contributed by atoms with Crippen molar-refractivity contribution in [2.45, 2.75) is 57.1 Å². The lowest BCUT2D eigenvalue weighted by molar-refractivity contribution is -0.127. The third-order valence-corrected chi connectivity index (χ3v) is 5.57. The number of nitrogens with one attached hydrogen (secondary N) is 1. The standard InChI is InChI=1S/C20H30N2O2/c23-19(21-15-17-7-3-1-4-8-17)18-9-13-22(14-10-18)16-20(24)11-5-2-6-12-20/h1,3-4,7-8,18,24H,2,5-6,9-16H2,(H,21,23). The molecule has 1 aromatic rings. The van der Waals surface area contributed by atoms with E-state index in [0.29, 0.717) is 6.54 Å².